The average Bonchev–Trinajstić information content (AvgIpc) is 2.83. The molecule has 1 saturated heterocycles. The summed E-state index contributed by atoms with van der Waals surface area (Å²) >= 11 is 17.9. The Balaban J connectivity index is 1.77. The SMILES string of the molecule is CC1(c2ccccc2)NC(=O)N(CC(=O)Nc2c(Cl)cc(Cl)cc2Cl)C1=O. The van der Waals surface area contributed by atoms with Crippen LogP contribution in [-0.4, -0.2) is 29.3 Å². The Morgan fingerprint density at radius 2 is 1.70 bits per heavy atom. The predicted octanol–water partition coefficient (Wildman–Crippen LogP) is 4.05. The highest BCUT2D eigenvalue weighted by Gasteiger charge is 2.49. The second-order valence-corrected chi connectivity index (χ2v) is 7.36. The Morgan fingerprint density at radius 1 is 1.11 bits per heavy atom. The fourth-order valence-corrected chi connectivity index (χ4v) is 3.70. The number of benzene rings is 2. The van der Waals surface area contributed by atoms with Crippen molar-refractivity contribution in [2.45, 2.75) is 12.5 Å². The monoisotopic (exact) mass is 425 g/mol. The third kappa shape index (κ3) is 3.74. The van der Waals surface area contributed by atoms with Crippen molar-refractivity contribution >= 4 is 58.3 Å². The minimum atomic E-state index is -1.24. The molecular formula is C18H14Cl3N3O3. The van der Waals surface area contributed by atoms with E-state index >= 15 is 0 Å². The molecule has 1 unspecified atom stereocenters. The summed E-state index contributed by atoms with van der Waals surface area (Å²) in [7, 11) is 0. The fourth-order valence-electron chi connectivity index (χ4n) is 2.79. The molecule has 1 heterocycles. The molecule has 0 spiro atoms. The fraction of sp³-hybridized carbons (Fsp3) is 0.167. The lowest BCUT2D eigenvalue weighted by molar-refractivity contribution is -0.133. The minimum absolute atomic E-state index is 0.146. The zero-order valence-corrected chi connectivity index (χ0v) is 16.3. The third-order valence-electron chi connectivity index (χ3n) is 4.20. The van der Waals surface area contributed by atoms with Crippen LogP contribution in [0.2, 0.25) is 15.1 Å². The number of carbonyl (C=O) groups is 3. The lowest BCUT2D eigenvalue weighted by Gasteiger charge is -2.22. The van der Waals surface area contributed by atoms with E-state index in [1.807, 2.05) is 0 Å². The zero-order valence-electron chi connectivity index (χ0n) is 14.1. The van der Waals surface area contributed by atoms with E-state index in [1.165, 1.54) is 12.1 Å². The second-order valence-electron chi connectivity index (χ2n) is 6.11. The molecule has 1 aliphatic heterocycles. The van der Waals surface area contributed by atoms with Gasteiger partial charge in [-0.3, -0.25) is 14.5 Å². The summed E-state index contributed by atoms with van der Waals surface area (Å²) in [5.41, 5.74) is -0.463. The molecule has 1 aliphatic rings. The Hall–Kier alpha value is -2.28. The summed E-state index contributed by atoms with van der Waals surface area (Å²) in [5.74, 6) is -1.15. The van der Waals surface area contributed by atoms with Crippen molar-refractivity contribution in [1.82, 2.24) is 10.2 Å². The molecule has 2 aromatic rings. The van der Waals surface area contributed by atoms with Crippen molar-refractivity contribution in [3.63, 3.8) is 0 Å². The van der Waals surface area contributed by atoms with Crippen molar-refractivity contribution in [2.75, 3.05) is 11.9 Å². The molecule has 4 amide bonds. The van der Waals surface area contributed by atoms with E-state index in [-0.39, 0.29) is 15.7 Å². The summed E-state index contributed by atoms with van der Waals surface area (Å²) in [4.78, 5) is 38.3. The van der Waals surface area contributed by atoms with E-state index < -0.39 is 29.9 Å². The van der Waals surface area contributed by atoms with E-state index in [0.717, 1.165) is 4.90 Å². The molecule has 2 N–H and O–H groups in total. The van der Waals surface area contributed by atoms with Gasteiger partial charge in [-0.25, -0.2) is 4.79 Å². The van der Waals surface area contributed by atoms with E-state index in [9.17, 15) is 14.4 Å². The van der Waals surface area contributed by atoms with Crippen LogP contribution in [0, 0.1) is 0 Å². The maximum absolute atomic E-state index is 12.8. The molecule has 2 aromatic carbocycles. The van der Waals surface area contributed by atoms with E-state index in [0.29, 0.717) is 10.6 Å². The van der Waals surface area contributed by atoms with Gasteiger partial charge in [0, 0.05) is 5.02 Å². The van der Waals surface area contributed by atoms with Gasteiger partial charge in [0.15, 0.2) is 0 Å². The highest BCUT2D eigenvalue weighted by atomic mass is 35.5. The van der Waals surface area contributed by atoms with Gasteiger partial charge in [0.25, 0.3) is 5.91 Å². The smallest absolute Gasteiger partial charge is 0.322 e. The van der Waals surface area contributed by atoms with Gasteiger partial charge < -0.3 is 10.6 Å². The highest BCUT2D eigenvalue weighted by molar-refractivity contribution is 6.42. The van der Waals surface area contributed by atoms with Crippen LogP contribution < -0.4 is 10.6 Å². The molecule has 0 aromatic heterocycles. The van der Waals surface area contributed by atoms with Crippen LogP contribution in [0.1, 0.15) is 12.5 Å². The van der Waals surface area contributed by atoms with Gasteiger partial charge in [-0.15, -0.1) is 0 Å². The number of urea groups is 1. The number of nitrogens with zero attached hydrogens (tertiary/aromatic N) is 1. The summed E-state index contributed by atoms with van der Waals surface area (Å²) < 4.78 is 0. The first kappa shape index (κ1) is 19.5. The molecule has 27 heavy (non-hydrogen) atoms. The van der Waals surface area contributed by atoms with Crippen LogP contribution in [0.4, 0.5) is 10.5 Å². The molecule has 0 aliphatic carbocycles. The van der Waals surface area contributed by atoms with Crippen LogP contribution in [0.25, 0.3) is 0 Å². The molecule has 1 atom stereocenters. The summed E-state index contributed by atoms with van der Waals surface area (Å²) in [6.45, 7) is 1.11. The quantitative estimate of drug-likeness (QED) is 0.724. The Bertz CT molecular complexity index is 913. The molecule has 3 rings (SSSR count). The third-order valence-corrected chi connectivity index (χ3v) is 5.01. The largest absolute Gasteiger partial charge is 0.325 e. The zero-order chi connectivity index (χ0) is 19.8. The van der Waals surface area contributed by atoms with Gasteiger partial charge in [-0.1, -0.05) is 65.1 Å². The van der Waals surface area contributed by atoms with Gasteiger partial charge >= 0.3 is 6.03 Å². The molecule has 140 valence electrons. The topological polar surface area (TPSA) is 78.5 Å². The van der Waals surface area contributed by atoms with Crippen LogP contribution >= 0.6 is 34.8 Å². The van der Waals surface area contributed by atoms with Crippen molar-refractivity contribution in [2.24, 2.45) is 0 Å². The molecule has 0 bridgehead atoms. The molecule has 6 nitrogen and oxygen atoms in total. The number of halogens is 3. The normalized spacial score (nSPS) is 19.2. The average molecular weight is 427 g/mol. The van der Waals surface area contributed by atoms with Crippen molar-refractivity contribution in [3.8, 4) is 0 Å². The summed E-state index contributed by atoms with van der Waals surface area (Å²) in [6.07, 6.45) is 0. The number of amides is 4. The van der Waals surface area contributed by atoms with Crippen molar-refractivity contribution in [3.05, 3.63) is 63.1 Å². The van der Waals surface area contributed by atoms with E-state index in [4.69, 9.17) is 34.8 Å². The molecular weight excluding hydrogens is 413 g/mol. The Kier molecular flexibility index (Phi) is 5.33. The van der Waals surface area contributed by atoms with Gasteiger partial charge in [0.05, 0.1) is 15.7 Å². The van der Waals surface area contributed by atoms with Gasteiger partial charge in [0.2, 0.25) is 5.91 Å². The maximum atomic E-state index is 12.8. The number of imide groups is 1. The standard InChI is InChI=1S/C18H14Cl3N3O3/c1-18(10-5-3-2-4-6-10)16(26)24(17(27)23-18)9-14(25)22-15-12(20)7-11(19)8-13(15)21/h2-8H,9H2,1H3,(H,22,25)(H,23,27). The van der Waals surface area contributed by atoms with E-state index in [2.05, 4.69) is 10.6 Å². The Morgan fingerprint density at radius 3 is 2.30 bits per heavy atom. The van der Waals surface area contributed by atoms with Crippen LogP contribution in [0.5, 0.6) is 0 Å². The first-order chi connectivity index (χ1) is 12.7. The first-order valence-electron chi connectivity index (χ1n) is 7.86. The first-order valence-corrected chi connectivity index (χ1v) is 9.00. The predicted molar refractivity (Wildman–Crippen MR) is 104 cm³/mol. The number of nitrogens with one attached hydrogen (secondary N) is 2. The van der Waals surface area contributed by atoms with Crippen molar-refractivity contribution < 1.29 is 14.4 Å². The number of hydrogen-bond acceptors (Lipinski definition) is 3. The maximum Gasteiger partial charge on any atom is 0.325 e. The Labute approximate surface area is 170 Å². The van der Waals surface area contributed by atoms with Crippen LogP contribution in [-0.2, 0) is 15.1 Å². The van der Waals surface area contributed by atoms with Crippen molar-refractivity contribution in [1.29, 1.82) is 0 Å². The van der Waals surface area contributed by atoms with Crippen LogP contribution in [0.15, 0.2) is 42.5 Å². The van der Waals surface area contributed by atoms with E-state index in [1.54, 1.807) is 37.3 Å². The number of rotatable bonds is 4. The summed E-state index contributed by atoms with van der Waals surface area (Å²) in [6, 6.07) is 11.0. The highest BCUT2D eigenvalue weighted by Crippen LogP contribution is 2.34. The number of hydrogen-bond donors (Lipinski definition) is 2. The number of carbonyl (C=O) groups excluding carboxylic acids is 3. The van der Waals surface area contributed by atoms with Gasteiger partial charge in [-0.05, 0) is 24.6 Å². The minimum Gasteiger partial charge on any atom is -0.322 e. The van der Waals surface area contributed by atoms with Gasteiger partial charge in [-0.2, -0.15) is 0 Å². The summed E-state index contributed by atoms with van der Waals surface area (Å²) in [5, 5.41) is 5.75. The molecule has 0 radical (unpaired) electrons. The lowest BCUT2D eigenvalue weighted by atomic mass is 9.92. The van der Waals surface area contributed by atoms with Gasteiger partial charge in [0.1, 0.15) is 12.1 Å². The van der Waals surface area contributed by atoms with Crippen LogP contribution in [0.3, 0.4) is 0 Å². The molecule has 9 heteroatoms. The second kappa shape index (κ2) is 7.38. The molecule has 1 fully saturated rings. The number of anilines is 1. The molecule has 0 saturated carbocycles. The lowest BCUT2D eigenvalue weighted by Crippen LogP contribution is -2.42.